The minimum Gasteiger partial charge on any atom is -0.356 e. The van der Waals surface area contributed by atoms with Gasteiger partial charge in [0.1, 0.15) is 12.2 Å². The van der Waals surface area contributed by atoms with Crippen LogP contribution in [0.15, 0.2) is 11.3 Å². The van der Waals surface area contributed by atoms with Crippen molar-refractivity contribution in [2.45, 2.75) is 26.8 Å². The zero-order valence-electron chi connectivity index (χ0n) is 12.8. The van der Waals surface area contributed by atoms with Crippen molar-refractivity contribution in [2.75, 3.05) is 13.6 Å². The molecular weight excluding hydrogens is 286 g/mol. The molecule has 7 nitrogen and oxygen atoms in total. The molecule has 2 aromatic heterocycles. The van der Waals surface area contributed by atoms with Crippen LogP contribution in [0.1, 0.15) is 21.4 Å². The van der Waals surface area contributed by atoms with E-state index in [1.165, 1.54) is 4.88 Å². The van der Waals surface area contributed by atoms with E-state index in [2.05, 4.69) is 37.6 Å². The molecule has 2 aromatic rings. The lowest BCUT2D eigenvalue weighted by molar-refractivity contribution is 0.672. The van der Waals surface area contributed by atoms with Crippen LogP contribution in [-0.2, 0) is 20.0 Å². The van der Waals surface area contributed by atoms with E-state index in [1.807, 2.05) is 14.0 Å². The van der Waals surface area contributed by atoms with Crippen LogP contribution in [0, 0.1) is 13.8 Å². The number of aryl methyl sites for hydroxylation is 3. The molecule has 2 N–H and O–H groups in total. The second kappa shape index (κ2) is 7.16. The van der Waals surface area contributed by atoms with E-state index in [1.54, 1.807) is 29.4 Å². The van der Waals surface area contributed by atoms with Gasteiger partial charge in [0.05, 0.1) is 17.2 Å². The van der Waals surface area contributed by atoms with Crippen LogP contribution in [0.3, 0.4) is 0 Å². The van der Waals surface area contributed by atoms with Gasteiger partial charge in [0.25, 0.3) is 0 Å². The lowest BCUT2D eigenvalue weighted by atomic mass is 10.4. The molecule has 0 aliphatic rings. The Hall–Kier alpha value is -1.96. The van der Waals surface area contributed by atoms with Crippen LogP contribution in [0.2, 0.25) is 0 Å². The molecule has 2 heterocycles. The summed E-state index contributed by atoms with van der Waals surface area (Å²) in [5, 5.41) is 11.7. The standard InChI is InChI=1S/C13H21N7S/c1-9-10(2)21-12(19-9)5-6-15-13(14-3)16-7-11-17-8-18-20(11)4/h8H,5-7H2,1-4H3,(H2,14,15,16). The van der Waals surface area contributed by atoms with Gasteiger partial charge in [-0.15, -0.1) is 11.3 Å². The van der Waals surface area contributed by atoms with Gasteiger partial charge in [-0.1, -0.05) is 0 Å². The highest BCUT2D eigenvalue weighted by Gasteiger charge is 2.05. The number of nitrogens with zero attached hydrogens (tertiary/aromatic N) is 5. The number of hydrogen-bond acceptors (Lipinski definition) is 5. The Balaban J connectivity index is 1.76. The molecule has 0 fully saturated rings. The number of thiazole rings is 1. The molecule has 0 aliphatic heterocycles. The van der Waals surface area contributed by atoms with Crippen molar-refractivity contribution in [3.8, 4) is 0 Å². The second-order valence-corrected chi connectivity index (χ2v) is 5.94. The van der Waals surface area contributed by atoms with Crippen molar-refractivity contribution >= 4 is 17.3 Å². The van der Waals surface area contributed by atoms with Gasteiger partial charge in [-0.3, -0.25) is 9.67 Å². The molecule has 0 bridgehead atoms. The Kier molecular flexibility index (Phi) is 5.26. The first kappa shape index (κ1) is 15.4. The molecule has 0 aliphatic carbocycles. The maximum Gasteiger partial charge on any atom is 0.191 e. The summed E-state index contributed by atoms with van der Waals surface area (Å²) in [4.78, 5) is 14.2. The van der Waals surface area contributed by atoms with E-state index in [4.69, 9.17) is 0 Å². The molecule has 0 aromatic carbocycles. The highest BCUT2D eigenvalue weighted by atomic mass is 32.1. The fourth-order valence-corrected chi connectivity index (χ4v) is 2.73. The van der Waals surface area contributed by atoms with Crippen LogP contribution < -0.4 is 10.6 Å². The van der Waals surface area contributed by atoms with E-state index < -0.39 is 0 Å². The molecule has 21 heavy (non-hydrogen) atoms. The molecule has 0 unspecified atom stereocenters. The zero-order valence-corrected chi connectivity index (χ0v) is 13.7. The van der Waals surface area contributed by atoms with Crippen molar-refractivity contribution in [1.82, 2.24) is 30.4 Å². The summed E-state index contributed by atoms with van der Waals surface area (Å²) in [5.74, 6) is 1.62. The van der Waals surface area contributed by atoms with Gasteiger partial charge in [-0.05, 0) is 13.8 Å². The van der Waals surface area contributed by atoms with Crippen LogP contribution in [-0.4, -0.2) is 39.3 Å². The fraction of sp³-hybridized carbons (Fsp3) is 0.538. The summed E-state index contributed by atoms with van der Waals surface area (Å²) in [7, 11) is 3.62. The molecular formula is C13H21N7S. The molecule has 0 radical (unpaired) electrons. The van der Waals surface area contributed by atoms with Crippen molar-refractivity contribution < 1.29 is 0 Å². The zero-order chi connectivity index (χ0) is 15.2. The third-order valence-electron chi connectivity index (χ3n) is 3.15. The Labute approximate surface area is 128 Å². The summed E-state index contributed by atoms with van der Waals surface area (Å²) in [6, 6.07) is 0. The van der Waals surface area contributed by atoms with Gasteiger partial charge >= 0.3 is 0 Å². The van der Waals surface area contributed by atoms with E-state index in [0.29, 0.717) is 6.54 Å². The fourth-order valence-electron chi connectivity index (χ4n) is 1.80. The van der Waals surface area contributed by atoms with Gasteiger partial charge in [0.15, 0.2) is 5.96 Å². The summed E-state index contributed by atoms with van der Waals surface area (Å²) >= 11 is 1.75. The van der Waals surface area contributed by atoms with Gasteiger partial charge in [0, 0.05) is 31.9 Å². The third kappa shape index (κ3) is 4.25. The summed E-state index contributed by atoms with van der Waals surface area (Å²) < 4.78 is 1.74. The quantitative estimate of drug-likeness (QED) is 0.631. The Morgan fingerprint density at radius 3 is 2.76 bits per heavy atom. The predicted octanol–water partition coefficient (Wildman–Crippen LogP) is 0.796. The van der Waals surface area contributed by atoms with Gasteiger partial charge in [-0.2, -0.15) is 5.10 Å². The highest BCUT2D eigenvalue weighted by Crippen LogP contribution is 2.16. The van der Waals surface area contributed by atoms with Crippen molar-refractivity contribution in [3.63, 3.8) is 0 Å². The molecule has 8 heteroatoms. The number of aliphatic imine (C=N–C) groups is 1. The number of hydrogen-bond donors (Lipinski definition) is 2. The molecule has 0 atom stereocenters. The summed E-state index contributed by atoms with van der Waals surface area (Å²) in [6.45, 7) is 5.53. The second-order valence-electron chi connectivity index (χ2n) is 4.65. The molecule has 0 saturated heterocycles. The first-order valence-corrected chi connectivity index (χ1v) is 7.62. The van der Waals surface area contributed by atoms with Gasteiger partial charge in [-0.25, -0.2) is 9.97 Å². The summed E-state index contributed by atoms with van der Waals surface area (Å²) in [6.07, 6.45) is 2.43. The van der Waals surface area contributed by atoms with E-state index in [-0.39, 0.29) is 0 Å². The number of nitrogens with one attached hydrogen (secondary N) is 2. The Bertz CT molecular complexity index is 594. The largest absolute Gasteiger partial charge is 0.356 e. The van der Waals surface area contributed by atoms with Crippen molar-refractivity contribution in [1.29, 1.82) is 0 Å². The molecule has 0 saturated carbocycles. The van der Waals surface area contributed by atoms with Crippen LogP contribution in [0.25, 0.3) is 0 Å². The van der Waals surface area contributed by atoms with Crippen LogP contribution in [0.4, 0.5) is 0 Å². The smallest absolute Gasteiger partial charge is 0.191 e. The Morgan fingerprint density at radius 2 is 2.19 bits per heavy atom. The monoisotopic (exact) mass is 307 g/mol. The van der Waals surface area contributed by atoms with Crippen molar-refractivity contribution in [2.24, 2.45) is 12.0 Å². The minimum absolute atomic E-state index is 0.589. The van der Waals surface area contributed by atoms with Crippen molar-refractivity contribution in [3.05, 3.63) is 27.7 Å². The lowest BCUT2D eigenvalue weighted by Gasteiger charge is -2.10. The molecule has 2 rings (SSSR count). The predicted molar refractivity (Wildman–Crippen MR) is 84.5 cm³/mol. The van der Waals surface area contributed by atoms with E-state index in [9.17, 15) is 0 Å². The number of guanidine groups is 1. The topological polar surface area (TPSA) is 80.0 Å². The lowest BCUT2D eigenvalue weighted by Crippen LogP contribution is -2.38. The minimum atomic E-state index is 0.589. The van der Waals surface area contributed by atoms with Crippen LogP contribution >= 0.6 is 11.3 Å². The number of rotatable bonds is 5. The first-order chi connectivity index (χ1) is 10.1. The molecule has 114 valence electrons. The van der Waals surface area contributed by atoms with Gasteiger partial charge in [0.2, 0.25) is 0 Å². The average molecular weight is 307 g/mol. The Morgan fingerprint density at radius 1 is 1.38 bits per heavy atom. The first-order valence-electron chi connectivity index (χ1n) is 6.80. The normalized spacial score (nSPS) is 11.7. The number of aromatic nitrogens is 4. The van der Waals surface area contributed by atoms with Crippen LogP contribution in [0.5, 0.6) is 0 Å². The average Bonchev–Trinajstić information content (AvgIpc) is 3.00. The maximum absolute atomic E-state index is 4.53. The molecule has 0 spiro atoms. The molecule has 0 amide bonds. The summed E-state index contributed by atoms with van der Waals surface area (Å²) in [5.41, 5.74) is 1.12. The highest BCUT2D eigenvalue weighted by molar-refractivity contribution is 7.11. The van der Waals surface area contributed by atoms with E-state index >= 15 is 0 Å². The maximum atomic E-state index is 4.53. The van der Waals surface area contributed by atoms with E-state index in [0.717, 1.165) is 35.5 Å². The van der Waals surface area contributed by atoms with Gasteiger partial charge < -0.3 is 10.6 Å². The third-order valence-corrected chi connectivity index (χ3v) is 4.28. The SMILES string of the molecule is CN=C(NCCc1nc(C)c(C)s1)NCc1ncnn1C.